The summed E-state index contributed by atoms with van der Waals surface area (Å²) in [5.41, 5.74) is 6.62. The Morgan fingerprint density at radius 1 is 1.30 bits per heavy atom. The van der Waals surface area contributed by atoms with Crippen LogP contribution in [0.2, 0.25) is 10.0 Å². The maximum Gasteiger partial charge on any atom is 0.234 e. The SMILES string of the molecule is Nc1ccc(SCC(=O)Nc2cc(Cl)ccc2Cl)nc1. The van der Waals surface area contributed by atoms with E-state index in [-0.39, 0.29) is 11.7 Å². The fourth-order valence-corrected chi connectivity index (χ4v) is 2.38. The maximum absolute atomic E-state index is 11.8. The van der Waals surface area contributed by atoms with Gasteiger partial charge in [-0.15, -0.1) is 0 Å². The minimum Gasteiger partial charge on any atom is -0.397 e. The average molecular weight is 328 g/mol. The zero-order valence-corrected chi connectivity index (χ0v) is 12.6. The number of pyridine rings is 1. The highest BCUT2D eigenvalue weighted by atomic mass is 35.5. The van der Waals surface area contributed by atoms with Crippen molar-refractivity contribution < 1.29 is 4.79 Å². The number of nitrogens with zero attached hydrogens (tertiary/aromatic N) is 1. The molecule has 0 fully saturated rings. The lowest BCUT2D eigenvalue weighted by Crippen LogP contribution is -2.14. The van der Waals surface area contributed by atoms with Crippen LogP contribution < -0.4 is 11.1 Å². The van der Waals surface area contributed by atoms with Gasteiger partial charge in [0.25, 0.3) is 0 Å². The van der Waals surface area contributed by atoms with E-state index in [0.717, 1.165) is 5.03 Å². The number of anilines is 2. The smallest absolute Gasteiger partial charge is 0.234 e. The summed E-state index contributed by atoms with van der Waals surface area (Å²) < 4.78 is 0. The predicted molar refractivity (Wildman–Crippen MR) is 84.5 cm³/mol. The zero-order chi connectivity index (χ0) is 14.5. The van der Waals surface area contributed by atoms with Crippen molar-refractivity contribution in [3.63, 3.8) is 0 Å². The third kappa shape index (κ3) is 4.30. The molecule has 0 saturated heterocycles. The van der Waals surface area contributed by atoms with Crippen molar-refractivity contribution in [2.75, 3.05) is 16.8 Å². The quantitative estimate of drug-likeness (QED) is 0.840. The highest BCUT2D eigenvalue weighted by molar-refractivity contribution is 7.99. The van der Waals surface area contributed by atoms with Crippen molar-refractivity contribution in [2.24, 2.45) is 0 Å². The molecule has 0 aliphatic carbocycles. The van der Waals surface area contributed by atoms with Crippen molar-refractivity contribution >= 4 is 52.2 Å². The van der Waals surface area contributed by atoms with Crippen LogP contribution >= 0.6 is 35.0 Å². The number of amides is 1. The first-order valence-electron chi connectivity index (χ1n) is 5.64. The molecule has 2 rings (SSSR count). The zero-order valence-electron chi connectivity index (χ0n) is 10.3. The number of benzene rings is 1. The van der Waals surface area contributed by atoms with Gasteiger partial charge in [0.05, 0.1) is 33.4 Å². The molecular weight excluding hydrogens is 317 g/mol. The monoisotopic (exact) mass is 327 g/mol. The molecule has 0 aliphatic heterocycles. The van der Waals surface area contributed by atoms with Gasteiger partial charge in [-0.1, -0.05) is 35.0 Å². The molecule has 2 aromatic rings. The average Bonchev–Trinajstić information content (AvgIpc) is 2.42. The van der Waals surface area contributed by atoms with Crippen LogP contribution in [0, 0.1) is 0 Å². The molecule has 0 aliphatic rings. The molecule has 0 unspecified atom stereocenters. The Balaban J connectivity index is 1.92. The van der Waals surface area contributed by atoms with Crippen molar-refractivity contribution in [2.45, 2.75) is 5.03 Å². The fraction of sp³-hybridized carbons (Fsp3) is 0.0769. The van der Waals surface area contributed by atoms with Crippen LogP contribution in [-0.4, -0.2) is 16.6 Å². The molecule has 0 radical (unpaired) electrons. The minimum absolute atomic E-state index is 0.183. The molecule has 7 heteroatoms. The van der Waals surface area contributed by atoms with Crippen LogP contribution in [0.15, 0.2) is 41.6 Å². The van der Waals surface area contributed by atoms with Gasteiger partial charge in [0.2, 0.25) is 5.91 Å². The normalized spacial score (nSPS) is 10.3. The van der Waals surface area contributed by atoms with Crippen molar-refractivity contribution in [3.8, 4) is 0 Å². The van der Waals surface area contributed by atoms with Gasteiger partial charge < -0.3 is 11.1 Å². The van der Waals surface area contributed by atoms with Crippen molar-refractivity contribution in [1.29, 1.82) is 0 Å². The van der Waals surface area contributed by atoms with Crippen LogP contribution in [0.4, 0.5) is 11.4 Å². The topological polar surface area (TPSA) is 68.0 Å². The van der Waals surface area contributed by atoms with Crippen LogP contribution in [0.3, 0.4) is 0 Å². The molecule has 20 heavy (non-hydrogen) atoms. The molecule has 3 N–H and O–H groups in total. The number of hydrogen-bond donors (Lipinski definition) is 2. The van der Waals surface area contributed by atoms with Crippen LogP contribution in [0.25, 0.3) is 0 Å². The number of carbonyl (C=O) groups excluding carboxylic acids is 1. The van der Waals surface area contributed by atoms with E-state index >= 15 is 0 Å². The molecule has 104 valence electrons. The standard InChI is InChI=1S/C13H11Cl2N3OS/c14-8-1-3-10(15)11(5-8)18-12(19)7-20-13-4-2-9(16)6-17-13/h1-6H,7,16H2,(H,18,19). The van der Waals surface area contributed by atoms with Crippen LogP contribution in [-0.2, 0) is 4.79 Å². The summed E-state index contributed by atoms with van der Waals surface area (Å²) in [4.78, 5) is 15.9. The number of thioether (sulfide) groups is 1. The first-order valence-corrected chi connectivity index (χ1v) is 7.38. The van der Waals surface area contributed by atoms with Crippen molar-refractivity contribution in [3.05, 3.63) is 46.6 Å². The molecule has 4 nitrogen and oxygen atoms in total. The molecule has 0 spiro atoms. The summed E-state index contributed by atoms with van der Waals surface area (Å²) in [6, 6.07) is 8.40. The number of aromatic nitrogens is 1. The lowest BCUT2D eigenvalue weighted by molar-refractivity contribution is -0.113. The fourth-order valence-electron chi connectivity index (χ4n) is 1.40. The number of carbonyl (C=O) groups is 1. The Hall–Kier alpha value is -1.43. The Morgan fingerprint density at radius 2 is 2.10 bits per heavy atom. The van der Waals surface area contributed by atoms with E-state index in [0.29, 0.717) is 21.4 Å². The number of nitrogens with two attached hydrogens (primary N) is 1. The van der Waals surface area contributed by atoms with Gasteiger partial charge in [-0.3, -0.25) is 4.79 Å². The number of nitrogens with one attached hydrogen (secondary N) is 1. The lowest BCUT2D eigenvalue weighted by Gasteiger charge is -2.07. The molecule has 0 saturated carbocycles. The second-order valence-corrected chi connectivity index (χ2v) is 5.73. The van der Waals surface area contributed by atoms with Crippen LogP contribution in [0.1, 0.15) is 0 Å². The van der Waals surface area contributed by atoms with Gasteiger partial charge in [0.15, 0.2) is 0 Å². The van der Waals surface area contributed by atoms with Crippen LogP contribution in [0.5, 0.6) is 0 Å². The molecule has 1 amide bonds. The molecular formula is C13H11Cl2N3OS. The highest BCUT2D eigenvalue weighted by Crippen LogP contribution is 2.26. The Bertz CT molecular complexity index is 620. The maximum atomic E-state index is 11.8. The number of hydrogen-bond acceptors (Lipinski definition) is 4. The van der Waals surface area contributed by atoms with E-state index in [1.54, 1.807) is 36.5 Å². The van der Waals surface area contributed by atoms with E-state index in [4.69, 9.17) is 28.9 Å². The van der Waals surface area contributed by atoms with Gasteiger partial charge in [0.1, 0.15) is 0 Å². The summed E-state index contributed by atoms with van der Waals surface area (Å²) in [6.07, 6.45) is 1.55. The third-order valence-electron chi connectivity index (χ3n) is 2.31. The van der Waals surface area contributed by atoms with E-state index < -0.39 is 0 Å². The van der Waals surface area contributed by atoms with Crippen molar-refractivity contribution in [1.82, 2.24) is 4.98 Å². The van der Waals surface area contributed by atoms with Gasteiger partial charge in [-0.2, -0.15) is 0 Å². The highest BCUT2D eigenvalue weighted by Gasteiger charge is 2.07. The first-order chi connectivity index (χ1) is 9.54. The Labute approximate surface area is 130 Å². The molecule has 1 heterocycles. The third-order valence-corrected chi connectivity index (χ3v) is 3.82. The summed E-state index contributed by atoms with van der Waals surface area (Å²) in [5.74, 6) is 0.0394. The second kappa shape index (κ2) is 6.83. The van der Waals surface area contributed by atoms with E-state index in [9.17, 15) is 4.79 Å². The molecule has 1 aromatic carbocycles. The largest absolute Gasteiger partial charge is 0.397 e. The first kappa shape index (κ1) is 15.0. The number of halogens is 2. The Kier molecular flexibility index (Phi) is 5.11. The van der Waals surface area contributed by atoms with Gasteiger partial charge in [0, 0.05) is 5.02 Å². The number of nitrogen functional groups attached to an aromatic ring is 1. The van der Waals surface area contributed by atoms with Gasteiger partial charge >= 0.3 is 0 Å². The van der Waals surface area contributed by atoms with E-state index in [2.05, 4.69) is 10.3 Å². The predicted octanol–water partition coefficient (Wildman–Crippen LogP) is 3.70. The summed E-state index contributed by atoms with van der Waals surface area (Å²) in [6.45, 7) is 0. The Morgan fingerprint density at radius 3 is 2.80 bits per heavy atom. The molecule has 0 atom stereocenters. The van der Waals surface area contributed by atoms with Gasteiger partial charge in [-0.25, -0.2) is 4.98 Å². The molecule has 1 aromatic heterocycles. The summed E-state index contributed by atoms with van der Waals surface area (Å²) in [7, 11) is 0. The van der Waals surface area contributed by atoms with E-state index in [1.807, 2.05) is 0 Å². The minimum atomic E-state index is -0.183. The number of rotatable bonds is 4. The summed E-state index contributed by atoms with van der Waals surface area (Å²) in [5, 5.41) is 4.39. The lowest BCUT2D eigenvalue weighted by atomic mass is 10.3. The molecule has 0 bridgehead atoms. The second-order valence-electron chi connectivity index (χ2n) is 3.89. The summed E-state index contributed by atoms with van der Waals surface area (Å²) >= 11 is 13.1. The van der Waals surface area contributed by atoms with Gasteiger partial charge in [-0.05, 0) is 30.3 Å². The van der Waals surface area contributed by atoms with E-state index in [1.165, 1.54) is 11.8 Å².